The summed E-state index contributed by atoms with van der Waals surface area (Å²) in [5.74, 6) is 0.672. The Bertz CT molecular complexity index is 574. The lowest BCUT2D eigenvalue weighted by Gasteiger charge is -2.31. The van der Waals surface area contributed by atoms with Crippen molar-refractivity contribution in [2.24, 2.45) is 5.73 Å². The second-order valence-electron chi connectivity index (χ2n) is 4.72. The lowest BCUT2D eigenvalue weighted by Crippen LogP contribution is -2.48. The third kappa shape index (κ3) is 2.95. The smallest absolute Gasteiger partial charge is 0.243 e. The first-order valence-electron chi connectivity index (χ1n) is 6.45. The van der Waals surface area contributed by atoms with Gasteiger partial charge in [-0.25, -0.2) is 8.42 Å². The van der Waals surface area contributed by atoms with Gasteiger partial charge >= 0.3 is 0 Å². The zero-order valence-electron chi connectivity index (χ0n) is 11.7. The first-order chi connectivity index (χ1) is 9.48. The molecule has 0 aliphatic carbocycles. The fourth-order valence-electron chi connectivity index (χ4n) is 2.21. The van der Waals surface area contributed by atoms with Gasteiger partial charge in [0.15, 0.2) is 0 Å². The summed E-state index contributed by atoms with van der Waals surface area (Å²) in [5, 5.41) is 0. The maximum absolute atomic E-state index is 12.6. The molecule has 0 radical (unpaired) electrons. The van der Waals surface area contributed by atoms with Crippen LogP contribution in [-0.4, -0.2) is 52.2 Å². The second kappa shape index (κ2) is 6.09. The summed E-state index contributed by atoms with van der Waals surface area (Å²) >= 11 is 0. The average Bonchev–Trinajstić information content (AvgIpc) is 2.47. The van der Waals surface area contributed by atoms with Crippen LogP contribution in [-0.2, 0) is 14.8 Å². The van der Waals surface area contributed by atoms with Crippen molar-refractivity contribution in [3.05, 3.63) is 23.8 Å². The van der Waals surface area contributed by atoms with Gasteiger partial charge in [0, 0.05) is 19.6 Å². The number of hydrogen-bond acceptors (Lipinski definition) is 5. The number of nitrogens with zero attached hydrogens (tertiary/aromatic N) is 1. The molecule has 1 aromatic carbocycles. The molecular weight excluding hydrogens is 280 g/mol. The van der Waals surface area contributed by atoms with E-state index in [4.69, 9.17) is 15.2 Å². The average molecular weight is 300 g/mol. The van der Waals surface area contributed by atoms with Crippen molar-refractivity contribution in [1.82, 2.24) is 4.31 Å². The summed E-state index contributed by atoms with van der Waals surface area (Å²) in [6.07, 6.45) is -0.238. The van der Waals surface area contributed by atoms with Gasteiger partial charge in [-0.1, -0.05) is 0 Å². The van der Waals surface area contributed by atoms with Gasteiger partial charge < -0.3 is 15.2 Å². The number of morpholine rings is 1. The summed E-state index contributed by atoms with van der Waals surface area (Å²) in [4.78, 5) is 0.272. The van der Waals surface area contributed by atoms with E-state index in [1.165, 1.54) is 4.31 Å². The normalized spacial score (nSPS) is 20.9. The molecule has 1 aliphatic heterocycles. The van der Waals surface area contributed by atoms with Gasteiger partial charge in [-0.15, -0.1) is 0 Å². The molecule has 0 amide bonds. The van der Waals surface area contributed by atoms with Gasteiger partial charge in [-0.2, -0.15) is 4.31 Å². The number of benzene rings is 1. The van der Waals surface area contributed by atoms with Gasteiger partial charge in [0.25, 0.3) is 0 Å². The van der Waals surface area contributed by atoms with Crippen LogP contribution in [0, 0.1) is 6.92 Å². The number of rotatable bonds is 4. The van der Waals surface area contributed by atoms with Crippen molar-refractivity contribution in [1.29, 1.82) is 0 Å². The molecule has 20 heavy (non-hydrogen) atoms. The largest absolute Gasteiger partial charge is 0.496 e. The van der Waals surface area contributed by atoms with Gasteiger partial charge in [-0.05, 0) is 30.7 Å². The summed E-state index contributed by atoms with van der Waals surface area (Å²) in [7, 11) is -1.95. The summed E-state index contributed by atoms with van der Waals surface area (Å²) in [5.41, 5.74) is 6.34. The molecule has 2 rings (SSSR count). The van der Waals surface area contributed by atoms with Crippen LogP contribution in [0.25, 0.3) is 0 Å². The highest BCUT2D eigenvalue weighted by Crippen LogP contribution is 2.24. The van der Waals surface area contributed by atoms with E-state index in [9.17, 15) is 8.42 Å². The van der Waals surface area contributed by atoms with Crippen LogP contribution < -0.4 is 10.5 Å². The monoisotopic (exact) mass is 300 g/mol. The van der Waals surface area contributed by atoms with Crippen LogP contribution in [0.3, 0.4) is 0 Å². The van der Waals surface area contributed by atoms with Crippen molar-refractivity contribution >= 4 is 10.0 Å². The SMILES string of the molecule is COc1ccc(S(=O)(=O)N2CCOC(CN)C2)cc1C. The number of sulfonamides is 1. The summed E-state index contributed by atoms with van der Waals surface area (Å²) in [6.45, 7) is 3.15. The Morgan fingerprint density at radius 2 is 2.25 bits per heavy atom. The van der Waals surface area contributed by atoms with E-state index >= 15 is 0 Å². The topological polar surface area (TPSA) is 81.9 Å². The molecule has 1 aliphatic rings. The standard InChI is InChI=1S/C13H20N2O4S/c1-10-7-12(3-4-13(10)18-2)20(16,17)15-5-6-19-11(8-14)9-15/h3-4,7,11H,5-6,8-9,14H2,1-2H3. The van der Waals surface area contributed by atoms with Gasteiger partial charge in [0.2, 0.25) is 10.0 Å². The Morgan fingerprint density at radius 3 is 2.85 bits per heavy atom. The second-order valence-corrected chi connectivity index (χ2v) is 6.66. The molecule has 2 N–H and O–H groups in total. The fourth-order valence-corrected chi connectivity index (χ4v) is 3.75. The fraction of sp³-hybridized carbons (Fsp3) is 0.538. The van der Waals surface area contributed by atoms with Crippen LogP contribution in [0.4, 0.5) is 0 Å². The van der Waals surface area contributed by atoms with E-state index in [-0.39, 0.29) is 11.0 Å². The molecule has 112 valence electrons. The van der Waals surface area contributed by atoms with E-state index in [1.54, 1.807) is 25.3 Å². The van der Waals surface area contributed by atoms with Crippen LogP contribution in [0.2, 0.25) is 0 Å². The molecule has 0 spiro atoms. The Morgan fingerprint density at radius 1 is 1.50 bits per heavy atom. The van der Waals surface area contributed by atoms with Crippen LogP contribution in [0.5, 0.6) is 5.75 Å². The van der Waals surface area contributed by atoms with E-state index < -0.39 is 10.0 Å². The Kier molecular flexibility index (Phi) is 4.64. The van der Waals surface area contributed by atoms with E-state index in [1.807, 2.05) is 6.92 Å². The van der Waals surface area contributed by atoms with Gasteiger partial charge in [-0.3, -0.25) is 0 Å². The molecule has 6 nitrogen and oxygen atoms in total. The first-order valence-corrected chi connectivity index (χ1v) is 7.89. The maximum Gasteiger partial charge on any atom is 0.243 e. The van der Waals surface area contributed by atoms with Crippen molar-refractivity contribution in [2.75, 3.05) is 33.4 Å². The Labute approximate surface area is 119 Å². The highest BCUT2D eigenvalue weighted by molar-refractivity contribution is 7.89. The van der Waals surface area contributed by atoms with Gasteiger partial charge in [0.05, 0.1) is 24.7 Å². The highest BCUT2D eigenvalue weighted by atomic mass is 32.2. The number of ether oxygens (including phenoxy) is 2. The zero-order chi connectivity index (χ0) is 14.8. The molecule has 1 aromatic rings. The summed E-state index contributed by atoms with van der Waals surface area (Å²) in [6, 6.07) is 4.86. The third-order valence-corrected chi connectivity index (χ3v) is 5.23. The molecule has 0 aromatic heterocycles. The molecular formula is C13H20N2O4S. The lowest BCUT2D eigenvalue weighted by molar-refractivity contribution is 0.00450. The minimum Gasteiger partial charge on any atom is -0.496 e. The Hall–Kier alpha value is -1.15. The predicted octanol–water partition coefficient (Wildman–Crippen LogP) is 0.352. The number of nitrogens with two attached hydrogens (primary N) is 1. The first kappa shape index (κ1) is 15.2. The quantitative estimate of drug-likeness (QED) is 0.868. The van der Waals surface area contributed by atoms with Crippen molar-refractivity contribution in [3.63, 3.8) is 0 Å². The Balaban J connectivity index is 2.28. The lowest BCUT2D eigenvalue weighted by atomic mass is 10.2. The van der Waals surface area contributed by atoms with Crippen molar-refractivity contribution in [3.8, 4) is 5.75 Å². The highest BCUT2D eigenvalue weighted by Gasteiger charge is 2.30. The minimum atomic E-state index is -3.51. The zero-order valence-corrected chi connectivity index (χ0v) is 12.5. The van der Waals surface area contributed by atoms with Crippen LogP contribution in [0.15, 0.2) is 23.1 Å². The molecule has 0 saturated carbocycles. The number of hydrogen-bond donors (Lipinski definition) is 1. The maximum atomic E-state index is 12.6. The van der Waals surface area contributed by atoms with E-state index in [0.29, 0.717) is 32.0 Å². The molecule has 1 unspecified atom stereocenters. The summed E-state index contributed by atoms with van der Waals surface area (Å²) < 4.78 is 37.1. The molecule has 1 fully saturated rings. The van der Waals surface area contributed by atoms with E-state index in [2.05, 4.69) is 0 Å². The van der Waals surface area contributed by atoms with Gasteiger partial charge in [0.1, 0.15) is 5.75 Å². The molecule has 1 atom stereocenters. The number of aryl methyl sites for hydroxylation is 1. The minimum absolute atomic E-state index is 0.238. The van der Waals surface area contributed by atoms with Crippen molar-refractivity contribution in [2.45, 2.75) is 17.9 Å². The third-order valence-electron chi connectivity index (χ3n) is 3.37. The van der Waals surface area contributed by atoms with Crippen LogP contribution >= 0.6 is 0 Å². The molecule has 1 saturated heterocycles. The number of methoxy groups -OCH3 is 1. The van der Waals surface area contributed by atoms with E-state index in [0.717, 1.165) is 5.56 Å². The molecule has 1 heterocycles. The van der Waals surface area contributed by atoms with Crippen LogP contribution in [0.1, 0.15) is 5.56 Å². The van der Waals surface area contributed by atoms with Crippen molar-refractivity contribution < 1.29 is 17.9 Å². The molecule has 7 heteroatoms. The molecule has 0 bridgehead atoms. The predicted molar refractivity (Wildman–Crippen MR) is 75.3 cm³/mol.